The summed E-state index contributed by atoms with van der Waals surface area (Å²) in [6.07, 6.45) is 0. The fourth-order valence-electron chi connectivity index (χ4n) is 8.09. The summed E-state index contributed by atoms with van der Waals surface area (Å²) in [6, 6.07) is 66.2. The molecule has 0 spiro atoms. The molecule has 0 amide bonds. The van der Waals surface area contributed by atoms with Crippen molar-refractivity contribution in [2.75, 3.05) is 0 Å². The van der Waals surface area contributed by atoms with Crippen LogP contribution >= 0.6 is 0 Å². The van der Waals surface area contributed by atoms with Gasteiger partial charge in [0.15, 0.2) is 17.5 Å². The van der Waals surface area contributed by atoms with Crippen LogP contribution in [0.1, 0.15) is 0 Å². The number of rotatable bonds is 5. The molecule has 3 aromatic heterocycles. The minimum atomic E-state index is 0.640. The van der Waals surface area contributed by atoms with Crippen LogP contribution in [0.4, 0.5) is 0 Å². The van der Waals surface area contributed by atoms with Crippen LogP contribution in [0.15, 0.2) is 188 Å². The SMILES string of the molecule is c1ccc(-c2nc(-c3ccccc3)nc(-c3ccc(-n4c5ccccc5c5cc6c(ccc7c6c6ccccc6n7-c6ccccc6)cc54)cc3)n2)cc1. The maximum absolute atomic E-state index is 4.96. The zero-order valence-electron chi connectivity index (χ0n) is 29.1. The zero-order chi connectivity index (χ0) is 35.6. The van der Waals surface area contributed by atoms with Gasteiger partial charge in [-0.15, -0.1) is 0 Å². The number of nitrogens with zero attached hydrogens (tertiary/aromatic N) is 5. The van der Waals surface area contributed by atoms with E-state index in [-0.39, 0.29) is 0 Å². The average molecular weight is 690 g/mol. The van der Waals surface area contributed by atoms with Crippen molar-refractivity contribution in [2.45, 2.75) is 0 Å². The lowest BCUT2D eigenvalue weighted by atomic mass is 10.0. The number of hydrogen-bond donors (Lipinski definition) is 0. The van der Waals surface area contributed by atoms with Crippen molar-refractivity contribution >= 4 is 54.4 Å². The molecule has 252 valence electrons. The Bertz CT molecular complexity index is 3120. The maximum atomic E-state index is 4.96. The van der Waals surface area contributed by atoms with Crippen LogP contribution in [-0.4, -0.2) is 24.1 Å². The fourth-order valence-corrected chi connectivity index (χ4v) is 8.09. The highest BCUT2D eigenvalue weighted by Gasteiger charge is 2.19. The molecule has 8 aromatic carbocycles. The summed E-state index contributed by atoms with van der Waals surface area (Å²) in [4.78, 5) is 14.8. The Hall–Kier alpha value is -7.37. The van der Waals surface area contributed by atoms with Crippen molar-refractivity contribution in [2.24, 2.45) is 0 Å². The van der Waals surface area contributed by atoms with E-state index in [2.05, 4.69) is 137 Å². The van der Waals surface area contributed by atoms with Gasteiger partial charge in [-0.2, -0.15) is 0 Å². The highest BCUT2D eigenvalue weighted by molar-refractivity contribution is 6.25. The highest BCUT2D eigenvalue weighted by Crippen LogP contribution is 2.41. The van der Waals surface area contributed by atoms with Crippen LogP contribution in [-0.2, 0) is 0 Å². The first-order chi connectivity index (χ1) is 26.8. The van der Waals surface area contributed by atoms with Gasteiger partial charge in [-0.1, -0.05) is 121 Å². The quantitative estimate of drug-likeness (QED) is 0.181. The van der Waals surface area contributed by atoms with E-state index in [1.165, 1.54) is 48.9 Å². The molecule has 0 radical (unpaired) electrons. The molecule has 0 aliphatic rings. The first-order valence-corrected chi connectivity index (χ1v) is 18.2. The summed E-state index contributed by atoms with van der Waals surface area (Å²) in [7, 11) is 0. The maximum Gasteiger partial charge on any atom is 0.164 e. The molecule has 3 heterocycles. The lowest BCUT2D eigenvalue weighted by Crippen LogP contribution is -2.00. The van der Waals surface area contributed by atoms with E-state index < -0.39 is 0 Å². The molecule has 0 unspecified atom stereocenters. The molecule has 0 bridgehead atoms. The van der Waals surface area contributed by atoms with Crippen molar-refractivity contribution in [3.63, 3.8) is 0 Å². The van der Waals surface area contributed by atoms with Gasteiger partial charge in [-0.3, -0.25) is 0 Å². The fraction of sp³-hybridized carbons (Fsp3) is 0. The third kappa shape index (κ3) is 4.76. The van der Waals surface area contributed by atoms with Gasteiger partial charge >= 0.3 is 0 Å². The molecule has 11 rings (SSSR count). The summed E-state index contributed by atoms with van der Waals surface area (Å²) < 4.78 is 4.76. The van der Waals surface area contributed by atoms with E-state index in [9.17, 15) is 0 Å². The third-order valence-electron chi connectivity index (χ3n) is 10.5. The molecule has 5 heteroatoms. The van der Waals surface area contributed by atoms with E-state index in [1.807, 2.05) is 60.7 Å². The minimum absolute atomic E-state index is 0.640. The predicted octanol–water partition coefficient (Wildman–Crippen LogP) is 12.2. The molecule has 0 aliphatic heterocycles. The van der Waals surface area contributed by atoms with Gasteiger partial charge in [0, 0.05) is 49.6 Å². The molecule has 0 saturated carbocycles. The van der Waals surface area contributed by atoms with Gasteiger partial charge in [-0.25, -0.2) is 15.0 Å². The van der Waals surface area contributed by atoms with E-state index in [4.69, 9.17) is 15.0 Å². The number of fused-ring (bicyclic) bond motifs is 8. The molecule has 0 aliphatic carbocycles. The number of benzene rings is 8. The normalized spacial score (nSPS) is 11.7. The molecule has 0 atom stereocenters. The predicted molar refractivity (Wildman–Crippen MR) is 222 cm³/mol. The van der Waals surface area contributed by atoms with Crippen LogP contribution in [0, 0.1) is 0 Å². The van der Waals surface area contributed by atoms with Gasteiger partial charge < -0.3 is 9.13 Å². The molecular weight excluding hydrogens is 659 g/mol. The van der Waals surface area contributed by atoms with Crippen molar-refractivity contribution in [3.05, 3.63) is 188 Å². The molecule has 54 heavy (non-hydrogen) atoms. The highest BCUT2D eigenvalue weighted by atomic mass is 15.0. The Balaban J connectivity index is 1.09. The van der Waals surface area contributed by atoms with Crippen molar-refractivity contribution < 1.29 is 0 Å². The third-order valence-corrected chi connectivity index (χ3v) is 10.5. The second kappa shape index (κ2) is 12.1. The average Bonchev–Trinajstić information content (AvgIpc) is 3.76. The van der Waals surface area contributed by atoms with Crippen LogP contribution in [0.2, 0.25) is 0 Å². The first-order valence-electron chi connectivity index (χ1n) is 18.2. The Labute approximate surface area is 311 Å². The van der Waals surface area contributed by atoms with Gasteiger partial charge in [0.1, 0.15) is 0 Å². The lowest BCUT2D eigenvalue weighted by molar-refractivity contribution is 1.07. The second-order valence-electron chi connectivity index (χ2n) is 13.7. The monoisotopic (exact) mass is 689 g/mol. The largest absolute Gasteiger partial charge is 0.309 e. The minimum Gasteiger partial charge on any atom is -0.309 e. The Morgan fingerprint density at radius 1 is 0.296 bits per heavy atom. The lowest BCUT2D eigenvalue weighted by Gasteiger charge is -2.11. The molecule has 0 N–H and O–H groups in total. The molecule has 0 fully saturated rings. The van der Waals surface area contributed by atoms with Crippen LogP contribution in [0.3, 0.4) is 0 Å². The molecule has 11 aromatic rings. The second-order valence-corrected chi connectivity index (χ2v) is 13.7. The van der Waals surface area contributed by atoms with Crippen molar-refractivity contribution in [3.8, 4) is 45.5 Å². The van der Waals surface area contributed by atoms with Crippen LogP contribution in [0.5, 0.6) is 0 Å². The summed E-state index contributed by atoms with van der Waals surface area (Å²) >= 11 is 0. The van der Waals surface area contributed by atoms with Crippen molar-refractivity contribution in [1.82, 2.24) is 24.1 Å². The zero-order valence-corrected chi connectivity index (χ0v) is 29.1. The van der Waals surface area contributed by atoms with Crippen LogP contribution < -0.4 is 0 Å². The van der Waals surface area contributed by atoms with E-state index in [0.717, 1.165) is 33.6 Å². The van der Waals surface area contributed by atoms with Gasteiger partial charge in [-0.05, 0) is 77.5 Å². The van der Waals surface area contributed by atoms with E-state index in [1.54, 1.807) is 0 Å². The summed E-state index contributed by atoms with van der Waals surface area (Å²) in [6.45, 7) is 0. The van der Waals surface area contributed by atoms with Crippen molar-refractivity contribution in [1.29, 1.82) is 0 Å². The first kappa shape index (κ1) is 30.3. The van der Waals surface area contributed by atoms with Gasteiger partial charge in [0.2, 0.25) is 0 Å². The van der Waals surface area contributed by atoms with Gasteiger partial charge in [0.05, 0.1) is 22.1 Å². The van der Waals surface area contributed by atoms with Gasteiger partial charge in [0.25, 0.3) is 0 Å². The number of aromatic nitrogens is 5. The number of hydrogen-bond acceptors (Lipinski definition) is 3. The smallest absolute Gasteiger partial charge is 0.164 e. The molecule has 5 nitrogen and oxygen atoms in total. The molecular formula is C49H31N5. The number of para-hydroxylation sites is 3. The van der Waals surface area contributed by atoms with E-state index in [0.29, 0.717) is 17.5 Å². The summed E-state index contributed by atoms with van der Waals surface area (Å²) in [5.74, 6) is 1.94. The Morgan fingerprint density at radius 3 is 1.41 bits per heavy atom. The Morgan fingerprint density at radius 2 is 0.778 bits per heavy atom. The molecule has 0 saturated heterocycles. The van der Waals surface area contributed by atoms with E-state index >= 15 is 0 Å². The topological polar surface area (TPSA) is 48.5 Å². The van der Waals surface area contributed by atoms with Crippen LogP contribution in [0.25, 0.3) is 99.9 Å². The standard InChI is InChI=1S/C49H31N5/c1-4-14-32(15-5-1)47-50-48(33-16-6-2-7-17-33)52-49(51-47)34-24-27-37(28-25-34)54-42-22-12-10-20-38(42)41-31-40-35(30-45(41)54)26-29-44-46(40)39-21-11-13-23-43(39)53(44)36-18-8-3-9-19-36/h1-31H. The summed E-state index contributed by atoms with van der Waals surface area (Å²) in [5, 5.41) is 7.44. The Kier molecular flexibility index (Phi) is 6.79. The summed E-state index contributed by atoms with van der Waals surface area (Å²) in [5.41, 5.74) is 9.82.